The first-order valence-electron chi connectivity index (χ1n) is 5.93. The smallest absolute Gasteiger partial charge is 0.239 e. The number of benzene rings is 1. The fourth-order valence-electron chi connectivity index (χ4n) is 1.50. The first kappa shape index (κ1) is 18.2. The van der Waals surface area contributed by atoms with Crippen molar-refractivity contribution in [2.45, 2.75) is 0 Å². The van der Waals surface area contributed by atoms with E-state index in [1.54, 1.807) is 12.1 Å². The predicted molar refractivity (Wildman–Crippen MR) is 83.4 cm³/mol. The number of anilines is 1. The quantitative estimate of drug-likeness (QED) is 0.810. The second-order valence-corrected chi connectivity index (χ2v) is 7.09. The van der Waals surface area contributed by atoms with Gasteiger partial charge in [-0.15, -0.1) is 0 Å². The van der Waals surface area contributed by atoms with E-state index >= 15 is 0 Å². The number of hydrogen-bond acceptors (Lipinski definition) is 4. The van der Waals surface area contributed by atoms with Crippen molar-refractivity contribution in [2.75, 3.05) is 38.4 Å². The molecule has 1 aromatic carbocycles. The molecule has 1 aromatic rings. The van der Waals surface area contributed by atoms with Gasteiger partial charge in [0.25, 0.3) is 0 Å². The van der Waals surface area contributed by atoms with Crippen LogP contribution < -0.4 is 5.32 Å². The van der Waals surface area contributed by atoms with Gasteiger partial charge in [-0.25, -0.2) is 8.42 Å². The Kier molecular flexibility index (Phi) is 6.89. The summed E-state index contributed by atoms with van der Waals surface area (Å²) in [6, 6.07) is 4.61. The lowest BCUT2D eigenvalue weighted by Crippen LogP contribution is -2.39. The number of methoxy groups -OCH3 is 1. The number of amides is 1. The van der Waals surface area contributed by atoms with Crippen LogP contribution in [-0.2, 0) is 19.6 Å². The maximum atomic E-state index is 11.9. The lowest BCUT2D eigenvalue weighted by atomic mass is 10.3. The van der Waals surface area contributed by atoms with Crippen LogP contribution in [0, 0.1) is 0 Å². The molecule has 0 radical (unpaired) electrons. The van der Waals surface area contributed by atoms with E-state index in [9.17, 15) is 13.2 Å². The van der Waals surface area contributed by atoms with Crippen LogP contribution in [0.5, 0.6) is 0 Å². The standard InChI is InChI=1S/C12H16Cl2N2O4S/c1-20-6-5-16(21(2,18)19)8-12(17)15-11-7-9(13)3-4-10(11)14/h3-4,7H,5-6,8H2,1-2H3,(H,15,17). The molecule has 0 spiro atoms. The van der Waals surface area contributed by atoms with Gasteiger partial charge in [-0.2, -0.15) is 4.31 Å². The molecule has 118 valence electrons. The highest BCUT2D eigenvalue weighted by atomic mass is 35.5. The molecular formula is C12H16Cl2N2O4S. The summed E-state index contributed by atoms with van der Waals surface area (Å²) >= 11 is 11.7. The summed E-state index contributed by atoms with van der Waals surface area (Å²) in [7, 11) is -2.06. The highest BCUT2D eigenvalue weighted by Crippen LogP contribution is 2.25. The van der Waals surface area contributed by atoms with Crippen molar-refractivity contribution >= 4 is 44.8 Å². The average Bonchev–Trinajstić information content (AvgIpc) is 2.37. The first-order valence-corrected chi connectivity index (χ1v) is 8.53. The molecule has 1 amide bonds. The molecule has 0 atom stereocenters. The van der Waals surface area contributed by atoms with Gasteiger partial charge in [-0.1, -0.05) is 23.2 Å². The van der Waals surface area contributed by atoms with E-state index in [1.807, 2.05) is 0 Å². The molecule has 0 heterocycles. The third-order valence-corrected chi connectivity index (χ3v) is 4.35. The van der Waals surface area contributed by atoms with E-state index in [1.165, 1.54) is 13.2 Å². The zero-order valence-corrected chi connectivity index (χ0v) is 13.9. The monoisotopic (exact) mass is 354 g/mol. The van der Waals surface area contributed by atoms with E-state index < -0.39 is 15.9 Å². The molecule has 0 aliphatic heterocycles. The maximum absolute atomic E-state index is 11.9. The Balaban J connectivity index is 2.76. The maximum Gasteiger partial charge on any atom is 0.239 e. The minimum atomic E-state index is -3.51. The van der Waals surface area contributed by atoms with Gasteiger partial charge in [0.15, 0.2) is 0 Å². The minimum absolute atomic E-state index is 0.0893. The summed E-state index contributed by atoms with van der Waals surface area (Å²) in [6.45, 7) is -0.0463. The van der Waals surface area contributed by atoms with Crippen molar-refractivity contribution in [1.82, 2.24) is 4.31 Å². The van der Waals surface area contributed by atoms with Gasteiger partial charge in [-0.3, -0.25) is 4.79 Å². The number of carbonyl (C=O) groups is 1. The number of hydrogen-bond donors (Lipinski definition) is 1. The Bertz CT molecular complexity index is 607. The molecule has 1 rings (SSSR count). The number of sulfonamides is 1. The zero-order chi connectivity index (χ0) is 16.0. The van der Waals surface area contributed by atoms with Gasteiger partial charge in [0, 0.05) is 18.7 Å². The van der Waals surface area contributed by atoms with Crippen molar-refractivity contribution in [3.63, 3.8) is 0 Å². The number of halogens is 2. The van der Waals surface area contributed by atoms with Crippen molar-refractivity contribution in [2.24, 2.45) is 0 Å². The third kappa shape index (κ3) is 6.19. The first-order chi connectivity index (χ1) is 9.74. The number of nitrogens with zero attached hydrogens (tertiary/aromatic N) is 1. The molecule has 0 bridgehead atoms. The number of nitrogens with one attached hydrogen (secondary N) is 1. The molecule has 1 N–H and O–H groups in total. The van der Waals surface area contributed by atoms with Crippen molar-refractivity contribution < 1.29 is 17.9 Å². The molecule has 0 saturated heterocycles. The normalized spacial score (nSPS) is 11.7. The predicted octanol–water partition coefficient (Wildman–Crippen LogP) is 1.84. The Hall–Kier alpha value is -0.860. The molecule has 0 saturated carbocycles. The highest BCUT2D eigenvalue weighted by Gasteiger charge is 2.20. The molecular weight excluding hydrogens is 339 g/mol. The van der Waals surface area contributed by atoms with Gasteiger partial charge < -0.3 is 10.1 Å². The fourth-order valence-corrected chi connectivity index (χ4v) is 2.59. The van der Waals surface area contributed by atoms with E-state index in [0.717, 1.165) is 10.6 Å². The van der Waals surface area contributed by atoms with Crippen molar-refractivity contribution in [1.29, 1.82) is 0 Å². The summed E-state index contributed by atoms with van der Waals surface area (Å²) in [4.78, 5) is 11.9. The van der Waals surface area contributed by atoms with Gasteiger partial charge in [0.1, 0.15) is 0 Å². The van der Waals surface area contributed by atoms with Crippen LogP contribution in [0.25, 0.3) is 0 Å². The summed E-state index contributed by atoms with van der Waals surface area (Å²) in [5, 5.41) is 3.25. The summed E-state index contributed by atoms with van der Waals surface area (Å²) < 4.78 is 29.0. The Morgan fingerprint density at radius 2 is 2.05 bits per heavy atom. The summed E-state index contributed by atoms with van der Waals surface area (Å²) in [5.74, 6) is -0.513. The molecule has 0 unspecified atom stereocenters. The topological polar surface area (TPSA) is 75.7 Å². The molecule has 0 fully saturated rings. The Morgan fingerprint density at radius 1 is 1.38 bits per heavy atom. The molecule has 0 aliphatic rings. The van der Waals surface area contributed by atoms with Crippen LogP contribution in [0.1, 0.15) is 0 Å². The summed E-state index contributed by atoms with van der Waals surface area (Å²) in [5.41, 5.74) is 0.328. The Morgan fingerprint density at radius 3 is 2.62 bits per heavy atom. The number of ether oxygens (including phenoxy) is 1. The molecule has 9 heteroatoms. The van der Waals surface area contributed by atoms with Crippen LogP contribution >= 0.6 is 23.2 Å². The van der Waals surface area contributed by atoms with E-state index in [-0.39, 0.29) is 19.7 Å². The zero-order valence-electron chi connectivity index (χ0n) is 11.6. The van der Waals surface area contributed by atoms with Gasteiger partial charge in [-0.05, 0) is 18.2 Å². The van der Waals surface area contributed by atoms with Crippen LogP contribution in [-0.4, -0.2) is 51.7 Å². The average molecular weight is 355 g/mol. The number of rotatable bonds is 7. The van der Waals surface area contributed by atoms with Crippen LogP contribution in [0.4, 0.5) is 5.69 Å². The number of carbonyl (C=O) groups excluding carboxylic acids is 1. The fraction of sp³-hybridized carbons (Fsp3) is 0.417. The van der Waals surface area contributed by atoms with Crippen molar-refractivity contribution in [3.05, 3.63) is 28.2 Å². The summed E-state index contributed by atoms with van der Waals surface area (Å²) in [6.07, 6.45) is 1.03. The second-order valence-electron chi connectivity index (χ2n) is 4.26. The van der Waals surface area contributed by atoms with Crippen LogP contribution in [0.15, 0.2) is 18.2 Å². The third-order valence-electron chi connectivity index (χ3n) is 2.54. The highest BCUT2D eigenvalue weighted by molar-refractivity contribution is 7.88. The molecule has 0 aromatic heterocycles. The van der Waals surface area contributed by atoms with Gasteiger partial charge in [0.05, 0.1) is 30.1 Å². The van der Waals surface area contributed by atoms with E-state index in [0.29, 0.717) is 15.7 Å². The van der Waals surface area contributed by atoms with E-state index in [4.69, 9.17) is 27.9 Å². The lowest BCUT2D eigenvalue weighted by Gasteiger charge is -2.19. The lowest BCUT2D eigenvalue weighted by molar-refractivity contribution is -0.116. The van der Waals surface area contributed by atoms with Crippen LogP contribution in [0.2, 0.25) is 10.0 Å². The van der Waals surface area contributed by atoms with Gasteiger partial charge in [0.2, 0.25) is 15.9 Å². The second kappa shape index (κ2) is 7.95. The molecule has 0 aliphatic carbocycles. The SMILES string of the molecule is COCCN(CC(=O)Nc1cc(Cl)ccc1Cl)S(C)(=O)=O. The molecule has 6 nitrogen and oxygen atoms in total. The van der Waals surface area contributed by atoms with Crippen LogP contribution in [0.3, 0.4) is 0 Å². The minimum Gasteiger partial charge on any atom is -0.383 e. The molecule has 21 heavy (non-hydrogen) atoms. The largest absolute Gasteiger partial charge is 0.383 e. The van der Waals surface area contributed by atoms with Gasteiger partial charge >= 0.3 is 0 Å². The van der Waals surface area contributed by atoms with Crippen molar-refractivity contribution in [3.8, 4) is 0 Å². The van der Waals surface area contributed by atoms with E-state index in [2.05, 4.69) is 5.32 Å². The Labute approximate surface area is 134 Å².